The van der Waals surface area contributed by atoms with Crippen molar-refractivity contribution in [1.82, 2.24) is 0 Å². The third-order valence-corrected chi connectivity index (χ3v) is 4.03. The summed E-state index contributed by atoms with van der Waals surface area (Å²) in [5.74, 6) is 0.827. The van der Waals surface area contributed by atoms with Crippen LogP contribution in [0.4, 0.5) is 0 Å². The first kappa shape index (κ1) is 10.6. The molecule has 15 heavy (non-hydrogen) atoms. The van der Waals surface area contributed by atoms with Crippen molar-refractivity contribution in [2.75, 3.05) is 5.75 Å². The molecule has 0 fully saturated rings. The van der Waals surface area contributed by atoms with Gasteiger partial charge in [0.05, 0.1) is 5.56 Å². The molecule has 0 aliphatic carbocycles. The second kappa shape index (κ2) is 3.89. The zero-order valence-corrected chi connectivity index (χ0v) is 9.73. The zero-order valence-electron chi connectivity index (χ0n) is 8.91. The average Bonchev–Trinajstić information content (AvgIpc) is 2.18. The number of hydrogen-bond donors (Lipinski definition) is 1. The SMILES string of the molecule is Cc1cc2c(cc1C(=O)O)SCCC2C. The van der Waals surface area contributed by atoms with Gasteiger partial charge >= 0.3 is 5.97 Å². The highest BCUT2D eigenvalue weighted by atomic mass is 32.2. The van der Waals surface area contributed by atoms with Crippen LogP contribution in [0, 0.1) is 6.92 Å². The van der Waals surface area contributed by atoms with Crippen molar-refractivity contribution in [3.63, 3.8) is 0 Å². The predicted molar refractivity (Wildman–Crippen MR) is 61.9 cm³/mol. The minimum Gasteiger partial charge on any atom is -0.478 e. The molecule has 0 radical (unpaired) electrons. The molecule has 1 aromatic carbocycles. The summed E-state index contributed by atoms with van der Waals surface area (Å²) >= 11 is 1.77. The molecule has 1 heterocycles. The summed E-state index contributed by atoms with van der Waals surface area (Å²) in [5, 5.41) is 9.02. The van der Waals surface area contributed by atoms with Crippen LogP contribution in [-0.4, -0.2) is 16.8 Å². The molecule has 3 heteroatoms. The van der Waals surface area contributed by atoms with Gasteiger partial charge < -0.3 is 5.11 Å². The molecule has 1 aliphatic rings. The second-order valence-electron chi connectivity index (χ2n) is 4.05. The zero-order chi connectivity index (χ0) is 11.0. The molecule has 1 unspecified atom stereocenters. The van der Waals surface area contributed by atoms with Crippen LogP contribution in [-0.2, 0) is 0 Å². The molecule has 0 bridgehead atoms. The Bertz CT molecular complexity index is 412. The smallest absolute Gasteiger partial charge is 0.335 e. The summed E-state index contributed by atoms with van der Waals surface area (Å²) in [6, 6.07) is 3.86. The Morgan fingerprint density at radius 1 is 1.53 bits per heavy atom. The normalized spacial score (nSPS) is 19.7. The van der Waals surface area contributed by atoms with Crippen LogP contribution in [0.25, 0.3) is 0 Å². The molecule has 0 saturated carbocycles. The first-order chi connectivity index (χ1) is 7.09. The molecule has 1 aliphatic heterocycles. The van der Waals surface area contributed by atoms with Gasteiger partial charge in [-0.15, -0.1) is 11.8 Å². The highest BCUT2D eigenvalue weighted by molar-refractivity contribution is 7.99. The van der Waals surface area contributed by atoms with Crippen LogP contribution in [0.2, 0.25) is 0 Å². The molecular weight excluding hydrogens is 208 g/mol. The van der Waals surface area contributed by atoms with Crippen molar-refractivity contribution in [1.29, 1.82) is 0 Å². The van der Waals surface area contributed by atoms with Crippen LogP contribution in [0.15, 0.2) is 17.0 Å². The standard InChI is InChI=1S/C12H14O2S/c1-7-3-4-15-11-6-10(12(13)14)8(2)5-9(7)11/h5-7H,3-4H2,1-2H3,(H,13,14). The maximum Gasteiger partial charge on any atom is 0.335 e. The van der Waals surface area contributed by atoms with Crippen molar-refractivity contribution in [2.24, 2.45) is 0 Å². The van der Waals surface area contributed by atoms with Crippen molar-refractivity contribution in [3.05, 3.63) is 28.8 Å². The fourth-order valence-electron chi connectivity index (χ4n) is 1.95. The molecule has 0 saturated heterocycles. The Morgan fingerprint density at radius 2 is 2.27 bits per heavy atom. The van der Waals surface area contributed by atoms with Gasteiger partial charge in [0.15, 0.2) is 0 Å². The Morgan fingerprint density at radius 3 is 2.93 bits per heavy atom. The van der Waals surface area contributed by atoms with Crippen molar-refractivity contribution in [2.45, 2.75) is 31.1 Å². The molecular formula is C12H14O2S. The fourth-order valence-corrected chi connectivity index (χ4v) is 3.27. The maximum atomic E-state index is 11.0. The molecule has 1 atom stereocenters. The largest absolute Gasteiger partial charge is 0.478 e. The van der Waals surface area contributed by atoms with Crippen LogP contribution in [0.3, 0.4) is 0 Å². The Hall–Kier alpha value is -0.960. The number of benzene rings is 1. The summed E-state index contributed by atoms with van der Waals surface area (Å²) < 4.78 is 0. The van der Waals surface area contributed by atoms with E-state index in [2.05, 4.69) is 6.92 Å². The van der Waals surface area contributed by atoms with Crippen LogP contribution in [0.1, 0.15) is 40.7 Å². The number of hydrogen-bond acceptors (Lipinski definition) is 2. The quantitative estimate of drug-likeness (QED) is 0.792. The van der Waals surface area contributed by atoms with Gasteiger partial charge in [-0.05, 0) is 42.2 Å². The molecule has 2 nitrogen and oxygen atoms in total. The molecule has 0 amide bonds. The molecule has 2 rings (SSSR count). The lowest BCUT2D eigenvalue weighted by Crippen LogP contribution is -2.08. The van der Waals surface area contributed by atoms with Crippen molar-refractivity contribution < 1.29 is 9.90 Å². The fraction of sp³-hybridized carbons (Fsp3) is 0.417. The minimum absolute atomic E-state index is 0.440. The van der Waals surface area contributed by atoms with E-state index in [-0.39, 0.29) is 0 Å². The number of fused-ring (bicyclic) bond motifs is 1. The van der Waals surface area contributed by atoms with Gasteiger partial charge in [-0.1, -0.05) is 13.0 Å². The molecule has 80 valence electrons. The lowest BCUT2D eigenvalue weighted by Gasteiger charge is -2.22. The van der Waals surface area contributed by atoms with Crippen molar-refractivity contribution >= 4 is 17.7 Å². The third-order valence-electron chi connectivity index (χ3n) is 2.93. The Kier molecular flexibility index (Phi) is 2.74. The topological polar surface area (TPSA) is 37.3 Å². The van der Waals surface area contributed by atoms with E-state index in [0.717, 1.165) is 16.2 Å². The monoisotopic (exact) mass is 222 g/mol. The lowest BCUT2D eigenvalue weighted by molar-refractivity contribution is 0.0696. The molecule has 1 aromatic rings. The number of thioether (sulfide) groups is 1. The molecule has 1 N–H and O–H groups in total. The highest BCUT2D eigenvalue weighted by Gasteiger charge is 2.20. The van der Waals surface area contributed by atoms with Gasteiger partial charge in [0, 0.05) is 4.90 Å². The molecule has 0 aromatic heterocycles. The van der Waals surface area contributed by atoms with E-state index < -0.39 is 5.97 Å². The van der Waals surface area contributed by atoms with Crippen molar-refractivity contribution in [3.8, 4) is 0 Å². The van der Waals surface area contributed by atoms with Crippen LogP contribution < -0.4 is 0 Å². The number of rotatable bonds is 1. The van der Waals surface area contributed by atoms with Gasteiger partial charge in [-0.2, -0.15) is 0 Å². The van der Waals surface area contributed by atoms with Gasteiger partial charge in [0.1, 0.15) is 0 Å². The van der Waals surface area contributed by atoms with Gasteiger partial charge in [0.25, 0.3) is 0 Å². The number of aromatic carboxylic acids is 1. The number of carboxylic acid groups (broad SMARTS) is 1. The van der Waals surface area contributed by atoms with E-state index in [0.29, 0.717) is 11.5 Å². The van der Waals surface area contributed by atoms with E-state index in [1.54, 1.807) is 11.8 Å². The summed E-state index contributed by atoms with van der Waals surface area (Å²) in [7, 11) is 0. The maximum absolute atomic E-state index is 11.0. The summed E-state index contributed by atoms with van der Waals surface area (Å²) in [6.45, 7) is 4.08. The first-order valence-electron chi connectivity index (χ1n) is 5.10. The number of carbonyl (C=O) groups is 1. The summed E-state index contributed by atoms with van der Waals surface area (Å²) in [6.07, 6.45) is 1.18. The first-order valence-corrected chi connectivity index (χ1v) is 6.09. The number of carboxylic acids is 1. The van der Waals surface area contributed by atoms with Gasteiger partial charge in [0.2, 0.25) is 0 Å². The predicted octanol–water partition coefficient (Wildman–Crippen LogP) is 3.29. The van der Waals surface area contributed by atoms with E-state index >= 15 is 0 Å². The lowest BCUT2D eigenvalue weighted by atomic mass is 9.94. The average molecular weight is 222 g/mol. The second-order valence-corrected chi connectivity index (χ2v) is 5.19. The Balaban J connectivity index is 2.54. The van der Waals surface area contributed by atoms with Gasteiger partial charge in [-0.3, -0.25) is 0 Å². The summed E-state index contributed by atoms with van der Waals surface area (Å²) in [5.41, 5.74) is 2.62. The molecule has 0 spiro atoms. The summed E-state index contributed by atoms with van der Waals surface area (Å²) in [4.78, 5) is 12.1. The number of aryl methyl sites for hydroxylation is 1. The van der Waals surface area contributed by atoms with E-state index in [1.165, 1.54) is 12.0 Å². The minimum atomic E-state index is -0.825. The van der Waals surface area contributed by atoms with E-state index in [4.69, 9.17) is 5.11 Å². The van der Waals surface area contributed by atoms with E-state index in [1.807, 2.05) is 19.1 Å². The van der Waals surface area contributed by atoms with Crippen LogP contribution >= 0.6 is 11.8 Å². The van der Waals surface area contributed by atoms with E-state index in [9.17, 15) is 4.79 Å². The third kappa shape index (κ3) is 1.88. The van der Waals surface area contributed by atoms with Gasteiger partial charge in [-0.25, -0.2) is 4.79 Å². The highest BCUT2D eigenvalue weighted by Crippen LogP contribution is 2.38. The van der Waals surface area contributed by atoms with Crippen LogP contribution in [0.5, 0.6) is 0 Å². The Labute approximate surface area is 93.7 Å².